The molecule has 0 bridgehead atoms. The minimum Gasteiger partial charge on any atom is -0.379 e. The van der Waals surface area contributed by atoms with Gasteiger partial charge in [-0.3, -0.25) is 5.43 Å². The first-order chi connectivity index (χ1) is 15.8. The molecular weight excluding hydrogens is 458 g/mol. The number of nitrogens with one attached hydrogen (secondary N) is 2. The summed E-state index contributed by atoms with van der Waals surface area (Å²) in [4.78, 5) is 0.262. The number of aromatic nitrogens is 1. The van der Waals surface area contributed by atoms with E-state index in [0.717, 1.165) is 33.3 Å². The van der Waals surface area contributed by atoms with E-state index in [-0.39, 0.29) is 4.90 Å². The number of fused-ring (bicyclic) bond motifs is 1. The molecular formula is C23H27N5O3S2. The van der Waals surface area contributed by atoms with E-state index in [1.165, 1.54) is 4.31 Å². The minimum absolute atomic E-state index is 0.262. The Morgan fingerprint density at radius 1 is 1.15 bits per heavy atom. The molecule has 1 aliphatic heterocycles. The molecule has 10 heteroatoms. The minimum atomic E-state index is -3.58. The Morgan fingerprint density at radius 3 is 2.55 bits per heavy atom. The van der Waals surface area contributed by atoms with E-state index >= 15 is 0 Å². The molecule has 1 aliphatic rings. The van der Waals surface area contributed by atoms with Gasteiger partial charge in [0, 0.05) is 48.5 Å². The van der Waals surface area contributed by atoms with Crippen LogP contribution in [0.2, 0.25) is 0 Å². The highest BCUT2D eigenvalue weighted by Crippen LogP contribution is 2.25. The molecule has 8 nitrogen and oxygen atoms in total. The summed E-state index contributed by atoms with van der Waals surface area (Å²) in [6.07, 6.45) is 3.55. The third-order valence-electron chi connectivity index (χ3n) is 5.69. The third kappa shape index (κ3) is 4.93. The Kier molecular flexibility index (Phi) is 6.80. The van der Waals surface area contributed by atoms with Gasteiger partial charge in [0.15, 0.2) is 5.11 Å². The van der Waals surface area contributed by atoms with Crippen molar-refractivity contribution in [2.45, 2.75) is 18.7 Å². The zero-order chi connectivity index (χ0) is 23.6. The zero-order valence-electron chi connectivity index (χ0n) is 18.8. The van der Waals surface area contributed by atoms with Crippen molar-refractivity contribution in [1.29, 1.82) is 0 Å². The Labute approximate surface area is 199 Å². The summed E-state index contributed by atoms with van der Waals surface area (Å²) in [6.45, 7) is 5.56. The average molecular weight is 486 g/mol. The first kappa shape index (κ1) is 23.4. The quantitative estimate of drug-likeness (QED) is 0.328. The van der Waals surface area contributed by atoms with Crippen LogP contribution in [0.1, 0.15) is 16.7 Å². The van der Waals surface area contributed by atoms with E-state index in [4.69, 9.17) is 17.0 Å². The van der Waals surface area contributed by atoms with Crippen LogP contribution in [0, 0.1) is 13.8 Å². The number of hydrogen-bond acceptors (Lipinski definition) is 5. The molecule has 0 saturated carbocycles. The summed E-state index contributed by atoms with van der Waals surface area (Å²) < 4.78 is 34.8. The smallest absolute Gasteiger partial charge is 0.243 e. The zero-order valence-corrected chi connectivity index (χ0v) is 20.5. The fourth-order valence-electron chi connectivity index (χ4n) is 3.91. The highest BCUT2D eigenvalue weighted by Gasteiger charge is 2.26. The van der Waals surface area contributed by atoms with Crippen LogP contribution < -0.4 is 10.7 Å². The number of nitrogens with zero attached hydrogens (tertiary/aromatic N) is 3. The summed E-state index contributed by atoms with van der Waals surface area (Å²) in [7, 11) is -1.67. The predicted molar refractivity (Wildman–Crippen MR) is 135 cm³/mol. The highest BCUT2D eigenvalue weighted by atomic mass is 32.2. The summed E-state index contributed by atoms with van der Waals surface area (Å²) in [5.74, 6) is 0. The number of aryl methyl sites for hydroxylation is 3. The van der Waals surface area contributed by atoms with Gasteiger partial charge in [-0.05, 0) is 55.4 Å². The highest BCUT2D eigenvalue weighted by molar-refractivity contribution is 7.89. The van der Waals surface area contributed by atoms with Crippen LogP contribution >= 0.6 is 12.2 Å². The molecule has 1 fully saturated rings. The number of sulfonamides is 1. The molecule has 0 atom stereocenters. The third-order valence-corrected chi connectivity index (χ3v) is 7.78. The van der Waals surface area contributed by atoms with Gasteiger partial charge in [0.25, 0.3) is 0 Å². The van der Waals surface area contributed by atoms with Crippen LogP contribution in [0.3, 0.4) is 0 Å². The second-order valence-electron chi connectivity index (χ2n) is 7.98. The monoisotopic (exact) mass is 485 g/mol. The number of anilines is 1. The van der Waals surface area contributed by atoms with Crippen LogP contribution in [0.4, 0.5) is 5.69 Å². The number of thiocarbonyl (C=S) groups is 1. The van der Waals surface area contributed by atoms with E-state index in [1.807, 2.05) is 55.9 Å². The molecule has 1 aromatic heterocycles. The summed E-state index contributed by atoms with van der Waals surface area (Å²) in [5.41, 5.74) is 7.67. The van der Waals surface area contributed by atoms with E-state index < -0.39 is 10.0 Å². The van der Waals surface area contributed by atoms with Crippen molar-refractivity contribution < 1.29 is 13.2 Å². The molecule has 174 valence electrons. The number of hydrogen-bond donors (Lipinski definition) is 2. The Bertz CT molecular complexity index is 1310. The lowest BCUT2D eigenvalue weighted by molar-refractivity contribution is 0.0730. The maximum Gasteiger partial charge on any atom is 0.243 e. The molecule has 2 heterocycles. The van der Waals surface area contributed by atoms with Crippen molar-refractivity contribution in [1.82, 2.24) is 14.3 Å². The second-order valence-corrected chi connectivity index (χ2v) is 10.3. The second kappa shape index (κ2) is 9.60. The summed E-state index contributed by atoms with van der Waals surface area (Å²) >= 11 is 5.38. The number of rotatable bonds is 5. The summed E-state index contributed by atoms with van der Waals surface area (Å²) in [6, 6.07) is 11.2. The number of para-hydroxylation sites is 1. The van der Waals surface area contributed by atoms with Gasteiger partial charge in [-0.25, -0.2) is 8.42 Å². The van der Waals surface area contributed by atoms with Crippen LogP contribution in [0.5, 0.6) is 0 Å². The van der Waals surface area contributed by atoms with Gasteiger partial charge in [0.2, 0.25) is 10.0 Å². The van der Waals surface area contributed by atoms with Gasteiger partial charge in [0.05, 0.1) is 24.3 Å². The Balaban J connectivity index is 1.54. The Morgan fingerprint density at radius 2 is 1.85 bits per heavy atom. The molecule has 2 aromatic carbocycles. The van der Waals surface area contributed by atoms with Crippen molar-refractivity contribution in [3.8, 4) is 0 Å². The molecule has 33 heavy (non-hydrogen) atoms. The standard InChI is InChI=1S/C23H27N5O3S2/c1-16-5-4-6-17(2)22(16)25-23(32)26-24-14-18-15-27(3)21-8-7-19(13-20(18)21)33(29,30)28-9-11-31-12-10-28/h4-8,13-15H,9-12H2,1-3H3,(H2,25,26,32)/b24-14+. The normalized spacial score (nSPS) is 15.2. The molecule has 0 spiro atoms. The molecule has 0 aliphatic carbocycles. The summed E-state index contributed by atoms with van der Waals surface area (Å²) in [5, 5.41) is 8.62. The molecule has 1 saturated heterocycles. The average Bonchev–Trinajstić information content (AvgIpc) is 3.12. The Hall–Kier alpha value is -2.79. The maximum absolute atomic E-state index is 13.1. The molecule has 2 N–H and O–H groups in total. The SMILES string of the molecule is Cc1cccc(C)c1NC(=S)N/N=C/c1cn(C)c2ccc(S(=O)(=O)N3CCOCC3)cc12. The van der Waals surface area contributed by atoms with Gasteiger partial charge in [-0.2, -0.15) is 9.41 Å². The van der Waals surface area contributed by atoms with Crippen LogP contribution in [-0.4, -0.2) is 54.9 Å². The maximum atomic E-state index is 13.1. The molecule has 0 unspecified atom stereocenters. The largest absolute Gasteiger partial charge is 0.379 e. The lowest BCUT2D eigenvalue weighted by Crippen LogP contribution is -2.40. The van der Waals surface area contributed by atoms with Gasteiger partial charge < -0.3 is 14.6 Å². The van der Waals surface area contributed by atoms with Crippen molar-refractivity contribution in [2.75, 3.05) is 31.6 Å². The van der Waals surface area contributed by atoms with E-state index in [1.54, 1.807) is 18.3 Å². The predicted octanol–water partition coefficient (Wildman–Crippen LogP) is 3.14. The van der Waals surface area contributed by atoms with Crippen LogP contribution in [0.15, 0.2) is 52.6 Å². The number of ether oxygens (including phenoxy) is 1. The fraction of sp³-hybridized carbons (Fsp3) is 0.304. The van der Waals surface area contributed by atoms with Gasteiger partial charge in [0.1, 0.15) is 0 Å². The van der Waals surface area contributed by atoms with Crippen molar-refractivity contribution in [3.63, 3.8) is 0 Å². The van der Waals surface area contributed by atoms with Crippen molar-refractivity contribution >= 4 is 50.2 Å². The van der Waals surface area contributed by atoms with Crippen LogP contribution in [-0.2, 0) is 21.8 Å². The molecule has 0 amide bonds. The number of morpholine rings is 1. The first-order valence-corrected chi connectivity index (χ1v) is 12.5. The fourth-order valence-corrected chi connectivity index (χ4v) is 5.50. The molecule has 3 aromatic rings. The van der Waals surface area contributed by atoms with Crippen molar-refractivity contribution in [2.24, 2.45) is 12.1 Å². The van der Waals surface area contributed by atoms with Gasteiger partial charge >= 0.3 is 0 Å². The van der Waals surface area contributed by atoms with Gasteiger partial charge in [-0.1, -0.05) is 18.2 Å². The van der Waals surface area contributed by atoms with Gasteiger partial charge in [-0.15, -0.1) is 0 Å². The number of hydrazone groups is 1. The first-order valence-electron chi connectivity index (χ1n) is 10.6. The van der Waals surface area contributed by atoms with Crippen molar-refractivity contribution in [3.05, 3.63) is 59.3 Å². The van der Waals surface area contributed by atoms with Crippen LogP contribution in [0.25, 0.3) is 10.9 Å². The number of benzene rings is 2. The van der Waals surface area contributed by atoms with E-state index in [2.05, 4.69) is 15.8 Å². The molecule has 4 rings (SSSR count). The van der Waals surface area contributed by atoms with E-state index in [9.17, 15) is 8.42 Å². The molecule has 0 radical (unpaired) electrons. The lowest BCUT2D eigenvalue weighted by atomic mass is 10.1. The van der Waals surface area contributed by atoms with E-state index in [0.29, 0.717) is 31.4 Å². The topological polar surface area (TPSA) is 88.0 Å². The lowest BCUT2D eigenvalue weighted by Gasteiger charge is -2.26.